The molecular formula is C55H62N4O10. The largest absolute Gasteiger partial charge is 0.480 e. The van der Waals surface area contributed by atoms with E-state index in [0.29, 0.717) is 48.7 Å². The molecule has 8 aliphatic rings. The normalized spacial score (nSPS) is 23.3. The van der Waals surface area contributed by atoms with Crippen LogP contribution in [0.3, 0.4) is 0 Å². The predicted octanol–water partition coefficient (Wildman–Crippen LogP) is 7.74. The van der Waals surface area contributed by atoms with Gasteiger partial charge in [0.25, 0.3) is 0 Å². The maximum absolute atomic E-state index is 14.0. The molecule has 3 N–H and O–H groups in total. The van der Waals surface area contributed by atoms with E-state index in [2.05, 4.69) is 10.6 Å². The number of esters is 1. The number of rotatable bonds is 4. The van der Waals surface area contributed by atoms with Gasteiger partial charge in [0.1, 0.15) is 47.2 Å². The zero-order chi connectivity index (χ0) is 48.0. The van der Waals surface area contributed by atoms with E-state index in [1.165, 1.54) is 12.0 Å². The first-order chi connectivity index (χ1) is 33.5. The van der Waals surface area contributed by atoms with E-state index >= 15 is 0 Å². The van der Waals surface area contributed by atoms with Crippen molar-refractivity contribution in [3.63, 3.8) is 0 Å². The second-order valence-electron chi connectivity index (χ2n) is 19.5. The van der Waals surface area contributed by atoms with Crippen LogP contribution in [-0.4, -0.2) is 81.8 Å². The Bertz CT molecular complexity index is 2550. The molecule has 0 unspecified atom stereocenters. The Morgan fingerprint density at radius 1 is 0.536 bits per heavy atom. The van der Waals surface area contributed by atoms with Gasteiger partial charge in [0.2, 0.25) is 23.6 Å². The van der Waals surface area contributed by atoms with Gasteiger partial charge in [-0.15, -0.1) is 0 Å². The SMILES string of the molecule is COC(=O)[C@@H]1Cc2ccc3cc2CN1C(=O)[C@H](C1CCCCC1)NC(=O)CCc1ccc(cc1)O3.O=C1CCc2ccc(cc2)Oc2ccc3c(c2)CN(C(=O)[C@H](C2CCCCC2)N1)[C@H](C(=O)O)C3. The highest BCUT2D eigenvalue weighted by Crippen LogP contribution is 2.36. The van der Waals surface area contributed by atoms with Gasteiger partial charge in [-0.25, -0.2) is 9.59 Å². The summed E-state index contributed by atoms with van der Waals surface area (Å²) in [6.07, 6.45) is 12.2. The number of hydrogen-bond acceptors (Lipinski definition) is 9. The van der Waals surface area contributed by atoms with Crippen molar-refractivity contribution in [3.8, 4) is 23.0 Å². The van der Waals surface area contributed by atoms with Gasteiger partial charge in [-0.05, 0) is 132 Å². The quantitative estimate of drug-likeness (QED) is 0.171. The summed E-state index contributed by atoms with van der Waals surface area (Å²) in [4.78, 5) is 81.8. The molecule has 2 fully saturated rings. The Hall–Kier alpha value is -6.70. The lowest BCUT2D eigenvalue weighted by atomic mass is 9.82. The van der Waals surface area contributed by atoms with E-state index in [-0.39, 0.29) is 61.4 Å². The Balaban J connectivity index is 0.000000172. The molecule has 6 heterocycles. The summed E-state index contributed by atoms with van der Waals surface area (Å²) in [6, 6.07) is 23.8. The number of aliphatic carboxylic acids is 1. The maximum atomic E-state index is 14.0. The van der Waals surface area contributed by atoms with Crippen LogP contribution in [0.5, 0.6) is 23.0 Å². The Morgan fingerprint density at radius 3 is 1.36 bits per heavy atom. The van der Waals surface area contributed by atoms with Gasteiger partial charge in [-0.2, -0.15) is 0 Å². The van der Waals surface area contributed by atoms with Crippen molar-refractivity contribution in [2.24, 2.45) is 11.8 Å². The van der Waals surface area contributed by atoms with Crippen molar-refractivity contribution >= 4 is 35.6 Å². The number of nitrogens with one attached hydrogen (secondary N) is 2. The molecule has 4 amide bonds. The molecule has 69 heavy (non-hydrogen) atoms. The van der Waals surface area contributed by atoms with Crippen LogP contribution in [0.25, 0.3) is 0 Å². The van der Waals surface area contributed by atoms with Crippen molar-refractivity contribution in [2.45, 2.75) is 140 Å². The molecule has 6 aliphatic heterocycles. The van der Waals surface area contributed by atoms with E-state index in [1.54, 1.807) is 4.90 Å². The van der Waals surface area contributed by atoms with Crippen molar-refractivity contribution in [2.75, 3.05) is 7.11 Å². The molecule has 4 aromatic rings. The van der Waals surface area contributed by atoms with Crippen LogP contribution in [0, 0.1) is 11.8 Å². The minimum atomic E-state index is -1.03. The van der Waals surface area contributed by atoms with Crippen LogP contribution in [0.15, 0.2) is 84.9 Å². The van der Waals surface area contributed by atoms with E-state index in [0.717, 1.165) is 97.6 Å². The van der Waals surface area contributed by atoms with Gasteiger partial charge in [0, 0.05) is 38.8 Å². The van der Waals surface area contributed by atoms with Gasteiger partial charge < -0.3 is 39.8 Å². The Labute approximate surface area is 403 Å². The fourth-order valence-corrected chi connectivity index (χ4v) is 11.1. The number of hydrogen-bond donors (Lipinski definition) is 3. The van der Waals surface area contributed by atoms with E-state index in [4.69, 9.17) is 14.2 Å². The maximum Gasteiger partial charge on any atom is 0.328 e. The van der Waals surface area contributed by atoms with Crippen molar-refractivity contribution in [3.05, 3.63) is 118 Å². The Morgan fingerprint density at radius 2 is 0.942 bits per heavy atom. The van der Waals surface area contributed by atoms with Crippen LogP contribution in [0.4, 0.5) is 0 Å². The first-order valence-electron chi connectivity index (χ1n) is 24.8. The molecule has 4 aromatic carbocycles. The van der Waals surface area contributed by atoms with Gasteiger partial charge in [-0.1, -0.05) is 74.9 Å². The molecule has 14 heteroatoms. The summed E-state index contributed by atoms with van der Waals surface area (Å²) < 4.78 is 17.2. The lowest BCUT2D eigenvalue weighted by molar-refractivity contribution is -0.155. The molecule has 2 saturated carbocycles. The molecule has 2 aliphatic carbocycles. The van der Waals surface area contributed by atoms with Crippen molar-refractivity contribution in [1.29, 1.82) is 0 Å². The number of benzene rings is 4. The number of nitrogens with zero attached hydrogens (tertiary/aromatic N) is 2. The third kappa shape index (κ3) is 11.1. The molecule has 0 radical (unpaired) electrons. The number of ether oxygens (including phenoxy) is 3. The lowest BCUT2D eigenvalue weighted by Crippen LogP contribution is -2.58. The number of amides is 4. The minimum absolute atomic E-state index is 0.0221. The van der Waals surface area contributed by atoms with Crippen LogP contribution in [0.1, 0.15) is 110 Å². The zero-order valence-electron chi connectivity index (χ0n) is 39.3. The molecule has 12 rings (SSSR count). The second kappa shape index (κ2) is 21.3. The first-order valence-corrected chi connectivity index (χ1v) is 24.8. The first kappa shape index (κ1) is 47.4. The van der Waals surface area contributed by atoms with Gasteiger partial charge in [0.05, 0.1) is 7.11 Å². The number of aryl methyl sites for hydroxylation is 2. The molecule has 0 spiro atoms. The number of methoxy groups -OCH3 is 1. The number of carboxylic acid groups (broad SMARTS) is 1. The number of carbonyl (C=O) groups excluding carboxylic acids is 5. The van der Waals surface area contributed by atoms with E-state index in [9.17, 15) is 33.9 Å². The van der Waals surface area contributed by atoms with Crippen molar-refractivity contribution in [1.82, 2.24) is 20.4 Å². The fraction of sp³-hybridized carbons (Fsp3) is 0.455. The van der Waals surface area contributed by atoms with Gasteiger partial charge in [0.15, 0.2) is 0 Å². The predicted molar refractivity (Wildman–Crippen MR) is 255 cm³/mol. The molecule has 0 aromatic heterocycles. The summed E-state index contributed by atoms with van der Waals surface area (Å²) in [6.45, 7) is 0.448. The molecular weight excluding hydrogens is 877 g/mol. The van der Waals surface area contributed by atoms with Crippen LogP contribution < -0.4 is 20.1 Å². The molecule has 4 atom stereocenters. The molecule has 362 valence electrons. The average molecular weight is 939 g/mol. The Kier molecular flexibility index (Phi) is 14.6. The third-order valence-corrected chi connectivity index (χ3v) is 14.9. The standard InChI is InChI=1S/C28H32N2O5.C27H30N2O5/c1-34-28(33)24-16-20-10-13-23-15-21(20)17-30(24)27(32)26(19-5-3-2-4-6-19)29-25(31)14-9-18-7-11-22(35-23)12-8-18;30-24-13-8-17-6-10-21(11-7-17)34-22-12-9-19-15-23(27(32)33)29(16-20(19)14-22)26(31)25(28-24)18-4-2-1-3-5-18/h7-8,10-13,15,19,24,26H,2-6,9,14,16-17H2,1H3,(H,29,31);6-7,9-12,14,18,23,25H,1-5,8,13,15-16H2,(H,28,30)(H,32,33)/t24-,26-;23-,25-/m00/s1. The average Bonchev–Trinajstić information content (AvgIpc) is 3.37. The van der Waals surface area contributed by atoms with Gasteiger partial charge >= 0.3 is 11.9 Å². The summed E-state index contributed by atoms with van der Waals surface area (Å²) in [5.74, 6) is 0.535. The number of fused-ring (bicyclic) bond motifs is 14. The molecule has 10 bridgehead atoms. The third-order valence-electron chi connectivity index (χ3n) is 14.9. The van der Waals surface area contributed by atoms with Crippen LogP contribution in [0.2, 0.25) is 0 Å². The zero-order valence-corrected chi connectivity index (χ0v) is 39.3. The number of carbonyl (C=O) groups is 6. The molecule has 14 nitrogen and oxygen atoms in total. The van der Waals surface area contributed by atoms with E-state index in [1.807, 2.05) is 84.9 Å². The fourth-order valence-electron chi connectivity index (χ4n) is 11.1. The lowest BCUT2D eigenvalue weighted by Gasteiger charge is -2.40. The summed E-state index contributed by atoms with van der Waals surface area (Å²) in [5, 5.41) is 16.0. The van der Waals surface area contributed by atoms with Crippen LogP contribution >= 0.6 is 0 Å². The van der Waals surface area contributed by atoms with Gasteiger partial charge in [-0.3, -0.25) is 19.2 Å². The highest BCUT2D eigenvalue weighted by molar-refractivity contribution is 5.92. The summed E-state index contributed by atoms with van der Waals surface area (Å²) in [7, 11) is 1.35. The van der Waals surface area contributed by atoms with Crippen LogP contribution in [-0.2, 0) is 72.3 Å². The second-order valence-corrected chi connectivity index (χ2v) is 19.5. The summed E-state index contributed by atoms with van der Waals surface area (Å²) >= 11 is 0. The molecule has 0 saturated heterocycles. The smallest absolute Gasteiger partial charge is 0.328 e. The minimum Gasteiger partial charge on any atom is -0.480 e. The topological polar surface area (TPSA) is 181 Å². The summed E-state index contributed by atoms with van der Waals surface area (Å²) in [5.41, 5.74) is 5.75. The highest BCUT2D eigenvalue weighted by atomic mass is 16.5. The number of carboxylic acids is 1. The monoisotopic (exact) mass is 938 g/mol. The van der Waals surface area contributed by atoms with E-state index < -0.39 is 36.1 Å². The van der Waals surface area contributed by atoms with Crippen molar-refractivity contribution < 1.29 is 48.1 Å². The highest BCUT2D eigenvalue weighted by Gasteiger charge is 2.43.